The van der Waals surface area contributed by atoms with E-state index >= 15 is 0 Å². The number of likely N-dealkylation sites (tertiary alicyclic amines) is 1. The number of carbonyl (C=O) groups excluding carboxylic acids is 1. The Hall–Kier alpha value is -1.87. The maximum atomic E-state index is 12.5. The number of carboxylic acids is 1. The fraction of sp³-hybridized carbons (Fsp3) is 0.571. The van der Waals surface area contributed by atoms with Crippen LogP contribution >= 0.6 is 0 Å². The highest BCUT2D eigenvalue weighted by Gasteiger charge is 2.36. The van der Waals surface area contributed by atoms with Crippen LogP contribution in [0.3, 0.4) is 0 Å². The molecule has 1 fully saturated rings. The number of furan rings is 1. The third-order valence-electron chi connectivity index (χ3n) is 3.94. The number of carboxylic acid groups (broad SMARTS) is 1. The van der Waals surface area contributed by atoms with Gasteiger partial charge in [-0.3, -0.25) is 4.79 Å². The van der Waals surface area contributed by atoms with Crippen LogP contribution in [0.25, 0.3) is 0 Å². The lowest BCUT2D eigenvalue weighted by atomic mass is 9.92. The van der Waals surface area contributed by atoms with Crippen LogP contribution in [0.2, 0.25) is 0 Å². The quantitative estimate of drug-likeness (QED) is 0.868. The van der Waals surface area contributed by atoms with Crippen LogP contribution in [0.15, 0.2) is 21.6 Å². The molecule has 0 aliphatic carbocycles. The van der Waals surface area contributed by atoms with E-state index in [9.17, 15) is 23.1 Å². The second-order valence-electron chi connectivity index (χ2n) is 5.89. The van der Waals surface area contributed by atoms with E-state index in [0.29, 0.717) is 19.4 Å². The first-order valence-corrected chi connectivity index (χ1v) is 8.64. The van der Waals surface area contributed by atoms with Crippen LogP contribution in [-0.2, 0) is 14.8 Å². The predicted molar refractivity (Wildman–Crippen MR) is 80.4 cm³/mol. The number of aliphatic carboxylic acids is 1. The first-order chi connectivity index (χ1) is 10.6. The molecule has 128 valence electrons. The summed E-state index contributed by atoms with van der Waals surface area (Å²) in [5.41, 5.74) is 0. The Balaban J connectivity index is 2.27. The Morgan fingerprint density at radius 3 is 2.57 bits per heavy atom. The molecule has 2 heterocycles. The summed E-state index contributed by atoms with van der Waals surface area (Å²) in [7, 11) is -1.07. The summed E-state index contributed by atoms with van der Waals surface area (Å²) >= 11 is 0. The minimum absolute atomic E-state index is 0.175. The van der Waals surface area contributed by atoms with Crippen LogP contribution in [0.5, 0.6) is 0 Å². The predicted octanol–water partition coefficient (Wildman–Crippen LogP) is 0.855. The molecule has 23 heavy (non-hydrogen) atoms. The summed E-state index contributed by atoms with van der Waals surface area (Å²) in [4.78, 5) is 25.1. The summed E-state index contributed by atoms with van der Waals surface area (Å²) in [5, 5.41) is 8.96. The van der Waals surface area contributed by atoms with Gasteiger partial charge in [0, 0.05) is 20.6 Å². The summed E-state index contributed by atoms with van der Waals surface area (Å²) in [6.45, 7) is 2.24. The van der Waals surface area contributed by atoms with Crippen molar-refractivity contribution in [2.24, 2.45) is 5.92 Å². The first kappa shape index (κ1) is 17.5. The maximum absolute atomic E-state index is 12.5. The number of nitrogens with zero attached hydrogens (tertiary/aromatic N) is 2. The molecule has 0 spiro atoms. The zero-order chi connectivity index (χ0) is 17.4. The van der Waals surface area contributed by atoms with Crippen molar-refractivity contribution in [1.29, 1.82) is 0 Å². The maximum Gasteiger partial charge on any atom is 0.326 e. The van der Waals surface area contributed by atoms with Crippen LogP contribution in [0.4, 0.5) is 0 Å². The fourth-order valence-electron chi connectivity index (χ4n) is 2.51. The number of sulfonamides is 1. The summed E-state index contributed by atoms with van der Waals surface area (Å²) < 4.78 is 30.1. The molecule has 1 aliphatic heterocycles. The zero-order valence-electron chi connectivity index (χ0n) is 13.2. The molecule has 1 aromatic heterocycles. The highest BCUT2D eigenvalue weighted by molar-refractivity contribution is 7.88. The molecule has 0 radical (unpaired) electrons. The van der Waals surface area contributed by atoms with Gasteiger partial charge in [-0.15, -0.1) is 0 Å². The Kier molecular flexibility index (Phi) is 4.81. The van der Waals surface area contributed by atoms with Gasteiger partial charge in [-0.1, -0.05) is 6.92 Å². The van der Waals surface area contributed by atoms with Crippen molar-refractivity contribution in [2.75, 3.05) is 20.6 Å². The van der Waals surface area contributed by atoms with Crippen molar-refractivity contribution in [3.63, 3.8) is 0 Å². The fourth-order valence-corrected chi connectivity index (χ4v) is 3.31. The van der Waals surface area contributed by atoms with E-state index in [2.05, 4.69) is 0 Å². The molecule has 1 amide bonds. The molecular weight excluding hydrogens is 324 g/mol. The second-order valence-corrected chi connectivity index (χ2v) is 7.97. The molecule has 2 atom stereocenters. The second kappa shape index (κ2) is 6.32. The Labute approximate surface area is 134 Å². The van der Waals surface area contributed by atoms with E-state index in [1.807, 2.05) is 6.92 Å². The molecule has 0 bridgehead atoms. The van der Waals surface area contributed by atoms with Crippen molar-refractivity contribution < 1.29 is 27.5 Å². The van der Waals surface area contributed by atoms with Crippen LogP contribution in [0.1, 0.15) is 30.3 Å². The van der Waals surface area contributed by atoms with Gasteiger partial charge in [0.05, 0.1) is 0 Å². The van der Waals surface area contributed by atoms with Crippen LogP contribution in [0, 0.1) is 5.92 Å². The molecule has 0 saturated carbocycles. The molecule has 8 nitrogen and oxygen atoms in total. The molecule has 0 aromatic carbocycles. The molecule has 1 N–H and O–H groups in total. The lowest BCUT2D eigenvalue weighted by Gasteiger charge is -2.35. The highest BCUT2D eigenvalue weighted by Crippen LogP contribution is 2.26. The Morgan fingerprint density at radius 2 is 2.00 bits per heavy atom. The van der Waals surface area contributed by atoms with E-state index in [-0.39, 0.29) is 16.8 Å². The Morgan fingerprint density at radius 1 is 1.35 bits per heavy atom. The van der Waals surface area contributed by atoms with E-state index in [1.165, 1.54) is 31.1 Å². The monoisotopic (exact) mass is 344 g/mol. The Bertz CT molecular complexity index is 709. The van der Waals surface area contributed by atoms with Gasteiger partial charge in [-0.2, -0.15) is 0 Å². The van der Waals surface area contributed by atoms with Gasteiger partial charge in [-0.05, 0) is 30.9 Å². The third kappa shape index (κ3) is 3.40. The van der Waals surface area contributed by atoms with Crippen LogP contribution < -0.4 is 0 Å². The van der Waals surface area contributed by atoms with E-state index < -0.39 is 27.9 Å². The average Bonchev–Trinajstić information content (AvgIpc) is 2.96. The molecule has 9 heteroatoms. The highest BCUT2D eigenvalue weighted by atomic mass is 32.2. The number of hydrogen-bond acceptors (Lipinski definition) is 5. The van der Waals surface area contributed by atoms with Gasteiger partial charge >= 0.3 is 5.97 Å². The molecule has 2 unspecified atom stereocenters. The van der Waals surface area contributed by atoms with Gasteiger partial charge < -0.3 is 14.4 Å². The van der Waals surface area contributed by atoms with E-state index in [0.717, 1.165) is 4.31 Å². The lowest BCUT2D eigenvalue weighted by Crippen LogP contribution is -2.49. The van der Waals surface area contributed by atoms with Crippen molar-refractivity contribution in [3.8, 4) is 0 Å². The number of hydrogen-bond donors (Lipinski definition) is 1. The van der Waals surface area contributed by atoms with E-state index in [1.54, 1.807) is 0 Å². The minimum atomic E-state index is -3.78. The molecule has 1 saturated heterocycles. The van der Waals surface area contributed by atoms with Gasteiger partial charge in [0.2, 0.25) is 5.09 Å². The lowest BCUT2D eigenvalue weighted by molar-refractivity contribution is -0.144. The van der Waals surface area contributed by atoms with Crippen LogP contribution in [-0.4, -0.2) is 61.3 Å². The smallest absolute Gasteiger partial charge is 0.326 e. The number of amides is 1. The topological polar surface area (TPSA) is 108 Å². The standard InChI is InChI=1S/C14H20N2O6S/c1-9-6-7-16(10(8-9)14(18)19)13(17)11-4-5-12(22-11)23(20,21)15(2)3/h4-5,9-10H,6-8H2,1-3H3,(H,18,19). The average molecular weight is 344 g/mol. The van der Waals surface area contributed by atoms with Gasteiger partial charge in [-0.25, -0.2) is 17.5 Å². The van der Waals surface area contributed by atoms with E-state index in [4.69, 9.17) is 4.42 Å². The first-order valence-electron chi connectivity index (χ1n) is 7.20. The third-order valence-corrected chi connectivity index (χ3v) is 5.63. The number of piperidine rings is 1. The van der Waals surface area contributed by atoms with Crippen molar-refractivity contribution >= 4 is 21.9 Å². The minimum Gasteiger partial charge on any atom is -0.480 e. The van der Waals surface area contributed by atoms with Crippen molar-refractivity contribution in [1.82, 2.24) is 9.21 Å². The van der Waals surface area contributed by atoms with Crippen molar-refractivity contribution in [2.45, 2.75) is 30.9 Å². The molecule has 2 rings (SSSR count). The molecular formula is C14H20N2O6S. The normalized spacial score (nSPS) is 22.3. The van der Waals surface area contributed by atoms with Crippen molar-refractivity contribution in [3.05, 3.63) is 17.9 Å². The largest absolute Gasteiger partial charge is 0.480 e. The summed E-state index contributed by atoms with van der Waals surface area (Å²) in [5.74, 6) is -1.64. The summed E-state index contributed by atoms with van der Waals surface area (Å²) in [6, 6.07) is 1.53. The summed E-state index contributed by atoms with van der Waals surface area (Å²) in [6.07, 6.45) is 1.06. The number of carbonyl (C=O) groups is 2. The van der Waals surface area contributed by atoms with Gasteiger partial charge in [0.15, 0.2) is 5.76 Å². The zero-order valence-corrected chi connectivity index (χ0v) is 14.0. The number of rotatable bonds is 4. The molecule has 1 aliphatic rings. The van der Waals surface area contributed by atoms with Gasteiger partial charge in [0.25, 0.3) is 15.9 Å². The molecule has 1 aromatic rings. The van der Waals surface area contributed by atoms with Gasteiger partial charge in [0.1, 0.15) is 6.04 Å². The SMILES string of the molecule is CC1CCN(C(=O)c2ccc(S(=O)(=O)N(C)C)o2)C(C(=O)O)C1.